The summed E-state index contributed by atoms with van der Waals surface area (Å²) < 4.78 is 40.6. The number of hydrogen-bond acceptors (Lipinski definition) is 5. The third-order valence-corrected chi connectivity index (χ3v) is 6.62. The second-order valence-corrected chi connectivity index (χ2v) is 8.49. The lowest BCUT2D eigenvalue weighted by Gasteiger charge is -2.36. The molecule has 0 spiro atoms. The van der Waals surface area contributed by atoms with Crippen molar-refractivity contribution in [2.75, 3.05) is 5.75 Å². The molecule has 0 bridgehead atoms. The van der Waals surface area contributed by atoms with Crippen LogP contribution in [0.2, 0.25) is 0 Å². The molecular formula is C15H17FN2O4S2. The quantitative estimate of drug-likeness (QED) is 0.875. The number of amides is 2. The van der Waals surface area contributed by atoms with Crippen LogP contribution in [0.5, 0.6) is 0 Å². The van der Waals surface area contributed by atoms with Crippen LogP contribution in [0.15, 0.2) is 29.2 Å². The number of thioether (sulfide) groups is 1. The highest BCUT2D eigenvalue weighted by atomic mass is 32.2. The van der Waals surface area contributed by atoms with E-state index in [9.17, 15) is 22.4 Å². The van der Waals surface area contributed by atoms with Crippen molar-refractivity contribution in [2.45, 2.75) is 42.7 Å². The highest BCUT2D eigenvalue weighted by molar-refractivity contribution is 8.14. The van der Waals surface area contributed by atoms with Gasteiger partial charge in [0.1, 0.15) is 5.82 Å². The van der Waals surface area contributed by atoms with Crippen molar-refractivity contribution in [1.29, 1.82) is 0 Å². The first-order chi connectivity index (χ1) is 11.4. The molecule has 1 aliphatic heterocycles. The Bertz CT molecular complexity index is 735. The van der Waals surface area contributed by atoms with Crippen molar-refractivity contribution in [3.05, 3.63) is 30.1 Å². The molecule has 1 saturated heterocycles. The zero-order chi connectivity index (χ0) is 17.3. The van der Waals surface area contributed by atoms with Gasteiger partial charge in [-0.2, -0.15) is 0 Å². The van der Waals surface area contributed by atoms with E-state index in [2.05, 4.69) is 4.72 Å². The fourth-order valence-corrected chi connectivity index (χ4v) is 5.19. The van der Waals surface area contributed by atoms with Crippen LogP contribution in [0.25, 0.3) is 0 Å². The minimum Gasteiger partial charge on any atom is -0.273 e. The van der Waals surface area contributed by atoms with Gasteiger partial charge in [-0.1, -0.05) is 24.6 Å². The Kier molecular flexibility index (Phi) is 4.93. The first-order valence-corrected chi connectivity index (χ1v) is 10.1. The lowest BCUT2D eigenvalue weighted by Crippen LogP contribution is -2.54. The van der Waals surface area contributed by atoms with E-state index in [-0.39, 0.29) is 21.8 Å². The van der Waals surface area contributed by atoms with E-state index in [4.69, 9.17) is 0 Å². The number of carbonyl (C=O) groups is 2. The third-order valence-electron chi connectivity index (χ3n) is 4.28. The average molecular weight is 372 g/mol. The summed E-state index contributed by atoms with van der Waals surface area (Å²) in [4.78, 5) is 25.1. The van der Waals surface area contributed by atoms with Crippen LogP contribution in [-0.2, 0) is 14.8 Å². The van der Waals surface area contributed by atoms with Crippen molar-refractivity contribution in [3.63, 3.8) is 0 Å². The van der Waals surface area contributed by atoms with E-state index in [0.717, 1.165) is 36.7 Å². The molecule has 0 radical (unpaired) electrons. The number of hydrogen-bond donors (Lipinski definition) is 1. The molecule has 3 rings (SSSR count). The van der Waals surface area contributed by atoms with Gasteiger partial charge in [0.05, 0.1) is 16.7 Å². The summed E-state index contributed by atoms with van der Waals surface area (Å²) in [6.07, 6.45) is 2.78. The summed E-state index contributed by atoms with van der Waals surface area (Å²) in [5.41, 5.74) is 0. The second kappa shape index (κ2) is 6.81. The molecular weight excluding hydrogens is 355 g/mol. The predicted octanol–water partition coefficient (Wildman–Crippen LogP) is 2.11. The minimum absolute atomic E-state index is 0.0401. The molecule has 9 heteroatoms. The maximum absolute atomic E-state index is 13.0. The number of nitrogens with one attached hydrogen (secondary N) is 1. The molecule has 1 aliphatic carbocycles. The Balaban J connectivity index is 1.82. The van der Waals surface area contributed by atoms with Gasteiger partial charge in [-0.15, -0.1) is 0 Å². The Labute approximate surface area is 143 Å². The highest BCUT2D eigenvalue weighted by Crippen LogP contribution is 2.30. The van der Waals surface area contributed by atoms with Crippen molar-refractivity contribution >= 4 is 32.9 Å². The van der Waals surface area contributed by atoms with Gasteiger partial charge < -0.3 is 0 Å². The minimum atomic E-state index is -3.85. The van der Waals surface area contributed by atoms with Crippen LogP contribution in [0.1, 0.15) is 25.7 Å². The Morgan fingerprint density at radius 3 is 2.42 bits per heavy atom. The van der Waals surface area contributed by atoms with Gasteiger partial charge in [0.15, 0.2) is 0 Å². The Morgan fingerprint density at radius 2 is 1.79 bits per heavy atom. The molecule has 24 heavy (non-hydrogen) atoms. The molecule has 0 aromatic heterocycles. The summed E-state index contributed by atoms with van der Waals surface area (Å²) in [5, 5.41) is -0.321. The largest absolute Gasteiger partial charge is 0.289 e. The number of carbonyl (C=O) groups excluding carboxylic acids is 2. The van der Waals surface area contributed by atoms with Gasteiger partial charge in [0, 0.05) is 6.04 Å². The van der Waals surface area contributed by atoms with Crippen molar-refractivity contribution in [1.82, 2.24) is 9.62 Å². The van der Waals surface area contributed by atoms with Gasteiger partial charge in [0.2, 0.25) is 15.9 Å². The number of halogens is 1. The molecule has 1 heterocycles. The van der Waals surface area contributed by atoms with Crippen molar-refractivity contribution in [3.8, 4) is 0 Å². The second-order valence-electron chi connectivity index (χ2n) is 5.85. The van der Waals surface area contributed by atoms with Crippen LogP contribution >= 0.6 is 11.8 Å². The van der Waals surface area contributed by atoms with E-state index >= 15 is 0 Å². The Hall–Kier alpha value is -1.45. The molecule has 2 amide bonds. The molecule has 1 aromatic rings. The van der Waals surface area contributed by atoms with E-state index in [1.165, 1.54) is 17.0 Å². The van der Waals surface area contributed by atoms with Crippen molar-refractivity contribution < 1.29 is 22.4 Å². The number of benzene rings is 1. The molecule has 2 aliphatic rings. The molecule has 0 unspecified atom stereocenters. The monoisotopic (exact) mass is 372 g/mol. The van der Waals surface area contributed by atoms with Crippen LogP contribution in [-0.4, -0.2) is 42.3 Å². The Morgan fingerprint density at radius 1 is 1.12 bits per heavy atom. The molecule has 6 nitrogen and oxygen atoms in total. The van der Waals surface area contributed by atoms with Gasteiger partial charge in [0.25, 0.3) is 5.24 Å². The first-order valence-electron chi connectivity index (χ1n) is 7.65. The number of rotatable bonds is 4. The molecule has 2 atom stereocenters. The van der Waals surface area contributed by atoms with Crippen molar-refractivity contribution in [2.24, 2.45) is 0 Å². The van der Waals surface area contributed by atoms with Gasteiger partial charge in [-0.3, -0.25) is 14.5 Å². The lowest BCUT2D eigenvalue weighted by molar-refractivity contribution is -0.127. The number of sulfonamides is 1. The van der Waals surface area contributed by atoms with Gasteiger partial charge in [-0.05, 0) is 37.1 Å². The maximum Gasteiger partial charge on any atom is 0.289 e. The summed E-state index contributed by atoms with van der Waals surface area (Å²) in [5.74, 6) is -0.690. The zero-order valence-corrected chi connectivity index (χ0v) is 14.4. The van der Waals surface area contributed by atoms with Crippen LogP contribution in [0.4, 0.5) is 9.18 Å². The number of nitrogens with zero attached hydrogens (tertiary/aromatic N) is 1. The van der Waals surface area contributed by atoms with Crippen LogP contribution in [0.3, 0.4) is 0 Å². The predicted molar refractivity (Wildman–Crippen MR) is 87.5 cm³/mol. The fraction of sp³-hybridized carbons (Fsp3) is 0.467. The van der Waals surface area contributed by atoms with E-state index < -0.39 is 27.9 Å². The number of imide groups is 1. The maximum atomic E-state index is 13.0. The molecule has 130 valence electrons. The SMILES string of the molecule is O=C1CSC(=O)N1[C@@H]1CCCC[C@H]1NS(=O)(=O)c1ccc(F)cc1. The molecule has 1 saturated carbocycles. The normalized spacial score (nSPS) is 25.3. The lowest BCUT2D eigenvalue weighted by atomic mass is 9.90. The van der Waals surface area contributed by atoms with E-state index in [0.29, 0.717) is 12.8 Å². The zero-order valence-electron chi connectivity index (χ0n) is 12.8. The highest BCUT2D eigenvalue weighted by Gasteiger charge is 2.41. The third kappa shape index (κ3) is 3.47. The summed E-state index contributed by atoms with van der Waals surface area (Å²) in [6, 6.07) is 3.55. The topological polar surface area (TPSA) is 83.6 Å². The molecule has 1 aromatic carbocycles. The van der Waals surface area contributed by atoms with Gasteiger partial charge in [-0.25, -0.2) is 17.5 Å². The van der Waals surface area contributed by atoms with E-state index in [1.54, 1.807) is 0 Å². The summed E-state index contributed by atoms with van der Waals surface area (Å²) in [7, 11) is -3.85. The smallest absolute Gasteiger partial charge is 0.273 e. The van der Waals surface area contributed by atoms with Crippen LogP contribution < -0.4 is 4.72 Å². The average Bonchev–Trinajstić information content (AvgIpc) is 2.87. The first kappa shape index (κ1) is 17.4. The summed E-state index contributed by atoms with van der Waals surface area (Å²) in [6.45, 7) is 0. The summed E-state index contributed by atoms with van der Waals surface area (Å²) >= 11 is 0.944. The molecule has 2 fully saturated rings. The van der Waals surface area contributed by atoms with E-state index in [1.807, 2.05) is 0 Å². The molecule has 1 N–H and O–H groups in total. The van der Waals surface area contributed by atoms with Gasteiger partial charge >= 0.3 is 0 Å². The standard InChI is InChI=1S/C15H17FN2O4S2/c16-10-5-7-11(8-6-10)24(21,22)17-12-3-1-2-4-13(12)18-14(19)9-23-15(18)20/h5-8,12-13,17H,1-4,9H2/t12-,13-/m1/s1. The van der Waals surface area contributed by atoms with Crippen LogP contribution in [0, 0.1) is 5.82 Å². The fourth-order valence-electron chi connectivity index (χ4n) is 3.12.